The van der Waals surface area contributed by atoms with Crippen LogP contribution in [0.3, 0.4) is 0 Å². The Morgan fingerprint density at radius 2 is 1.90 bits per heavy atom. The van der Waals surface area contributed by atoms with E-state index in [0.717, 1.165) is 18.5 Å². The predicted molar refractivity (Wildman–Crippen MR) is 87.5 cm³/mol. The lowest BCUT2D eigenvalue weighted by atomic mass is 10.1. The molecule has 0 saturated heterocycles. The highest BCUT2D eigenvalue weighted by Gasteiger charge is 2.06. The molecule has 2 aromatic rings. The summed E-state index contributed by atoms with van der Waals surface area (Å²) in [6.07, 6.45) is 1.95. The van der Waals surface area contributed by atoms with Crippen molar-refractivity contribution in [1.82, 2.24) is 0 Å². The molecule has 0 saturated carbocycles. The molecule has 112 valence electrons. The predicted octanol–water partition coefficient (Wildman–Crippen LogP) is 4.49. The summed E-state index contributed by atoms with van der Waals surface area (Å²) in [4.78, 5) is 0. The van der Waals surface area contributed by atoms with Crippen LogP contribution in [0.5, 0.6) is 11.5 Å². The number of nitrogens with one attached hydrogen (secondary N) is 1. The van der Waals surface area contributed by atoms with E-state index < -0.39 is 0 Å². The summed E-state index contributed by atoms with van der Waals surface area (Å²) in [5.41, 5.74) is 2.21. The zero-order valence-electron chi connectivity index (χ0n) is 12.3. The van der Waals surface area contributed by atoms with Gasteiger partial charge in [-0.15, -0.1) is 0 Å². The highest BCUT2D eigenvalue weighted by Crippen LogP contribution is 2.27. The summed E-state index contributed by atoms with van der Waals surface area (Å²) in [6, 6.07) is 13.3. The van der Waals surface area contributed by atoms with Crippen molar-refractivity contribution < 1.29 is 9.84 Å². The van der Waals surface area contributed by atoms with Gasteiger partial charge in [-0.1, -0.05) is 23.7 Å². The Morgan fingerprint density at radius 3 is 2.57 bits per heavy atom. The van der Waals surface area contributed by atoms with Crippen LogP contribution >= 0.6 is 11.6 Å². The standard InChI is InChI=1S/C17H20ClNO2/c1-12(3-4-13-5-8-15(20)9-6-13)19-14-7-10-16(18)17(11-14)21-2/h5-12,19-20H,3-4H2,1-2H3. The normalized spacial score (nSPS) is 12.0. The molecular formula is C17H20ClNO2. The molecule has 1 atom stereocenters. The first kappa shape index (κ1) is 15.5. The van der Waals surface area contributed by atoms with Gasteiger partial charge in [-0.25, -0.2) is 0 Å². The highest BCUT2D eigenvalue weighted by atomic mass is 35.5. The van der Waals surface area contributed by atoms with Crippen molar-refractivity contribution >= 4 is 17.3 Å². The van der Waals surface area contributed by atoms with E-state index >= 15 is 0 Å². The van der Waals surface area contributed by atoms with Crippen molar-refractivity contribution in [1.29, 1.82) is 0 Å². The van der Waals surface area contributed by atoms with Gasteiger partial charge in [-0.05, 0) is 49.6 Å². The number of ether oxygens (including phenoxy) is 1. The minimum Gasteiger partial charge on any atom is -0.508 e. The Kier molecular flexibility index (Phi) is 5.34. The molecule has 0 bridgehead atoms. The zero-order chi connectivity index (χ0) is 15.2. The number of aryl methyl sites for hydroxylation is 1. The number of phenolic OH excluding ortho intramolecular Hbond substituents is 1. The molecule has 0 aliphatic carbocycles. The van der Waals surface area contributed by atoms with Gasteiger partial charge < -0.3 is 15.2 Å². The molecule has 0 spiro atoms. The van der Waals surface area contributed by atoms with Crippen LogP contribution in [0.4, 0.5) is 5.69 Å². The third kappa shape index (κ3) is 4.57. The summed E-state index contributed by atoms with van der Waals surface area (Å²) >= 11 is 6.01. The fraction of sp³-hybridized carbons (Fsp3) is 0.294. The third-order valence-electron chi connectivity index (χ3n) is 3.37. The lowest BCUT2D eigenvalue weighted by Gasteiger charge is -2.16. The van der Waals surface area contributed by atoms with Crippen LogP contribution < -0.4 is 10.1 Å². The van der Waals surface area contributed by atoms with Crippen LogP contribution in [-0.2, 0) is 6.42 Å². The van der Waals surface area contributed by atoms with Gasteiger partial charge in [0.15, 0.2) is 0 Å². The van der Waals surface area contributed by atoms with E-state index in [0.29, 0.717) is 22.6 Å². The Morgan fingerprint density at radius 1 is 1.19 bits per heavy atom. The summed E-state index contributed by atoms with van der Waals surface area (Å²) in [5.74, 6) is 0.977. The maximum Gasteiger partial charge on any atom is 0.139 e. The third-order valence-corrected chi connectivity index (χ3v) is 3.68. The molecular weight excluding hydrogens is 286 g/mol. The van der Waals surface area contributed by atoms with Crippen molar-refractivity contribution in [2.45, 2.75) is 25.8 Å². The molecule has 3 nitrogen and oxygen atoms in total. The van der Waals surface area contributed by atoms with Gasteiger partial charge in [0.25, 0.3) is 0 Å². The Balaban J connectivity index is 1.89. The molecule has 0 aliphatic heterocycles. The van der Waals surface area contributed by atoms with Gasteiger partial charge in [0.1, 0.15) is 11.5 Å². The maximum atomic E-state index is 9.27. The number of aromatic hydroxyl groups is 1. The smallest absolute Gasteiger partial charge is 0.139 e. The first-order valence-corrected chi connectivity index (χ1v) is 7.34. The molecule has 0 aliphatic rings. The quantitative estimate of drug-likeness (QED) is 0.826. The van der Waals surface area contributed by atoms with E-state index in [4.69, 9.17) is 16.3 Å². The summed E-state index contributed by atoms with van der Waals surface area (Å²) < 4.78 is 5.21. The van der Waals surface area contributed by atoms with E-state index in [1.54, 1.807) is 19.2 Å². The van der Waals surface area contributed by atoms with E-state index in [1.165, 1.54) is 5.56 Å². The van der Waals surface area contributed by atoms with Crippen molar-refractivity contribution in [3.63, 3.8) is 0 Å². The lowest BCUT2D eigenvalue weighted by Crippen LogP contribution is -2.16. The second kappa shape index (κ2) is 7.23. The first-order chi connectivity index (χ1) is 10.1. The monoisotopic (exact) mass is 305 g/mol. The number of methoxy groups -OCH3 is 1. The summed E-state index contributed by atoms with van der Waals surface area (Å²) in [6.45, 7) is 2.14. The minimum absolute atomic E-state index is 0.304. The minimum atomic E-state index is 0.304. The van der Waals surface area contributed by atoms with Gasteiger partial charge in [0, 0.05) is 17.8 Å². The van der Waals surface area contributed by atoms with Crippen molar-refractivity contribution in [2.75, 3.05) is 12.4 Å². The van der Waals surface area contributed by atoms with E-state index in [1.807, 2.05) is 30.3 Å². The fourth-order valence-electron chi connectivity index (χ4n) is 2.15. The number of anilines is 1. The van der Waals surface area contributed by atoms with Gasteiger partial charge in [-0.3, -0.25) is 0 Å². The van der Waals surface area contributed by atoms with Crippen LogP contribution in [0, 0.1) is 0 Å². The largest absolute Gasteiger partial charge is 0.508 e. The Hall–Kier alpha value is -1.87. The van der Waals surface area contributed by atoms with E-state index in [-0.39, 0.29) is 0 Å². The molecule has 0 amide bonds. The molecule has 0 radical (unpaired) electrons. The van der Waals surface area contributed by atoms with Gasteiger partial charge in [0.2, 0.25) is 0 Å². The van der Waals surface area contributed by atoms with Crippen molar-refractivity contribution in [3.05, 3.63) is 53.1 Å². The van der Waals surface area contributed by atoms with Crippen LogP contribution in [-0.4, -0.2) is 18.3 Å². The van der Waals surface area contributed by atoms with E-state index in [9.17, 15) is 5.11 Å². The maximum absolute atomic E-state index is 9.27. The number of hydrogen-bond donors (Lipinski definition) is 2. The average molecular weight is 306 g/mol. The molecule has 21 heavy (non-hydrogen) atoms. The second-order valence-corrected chi connectivity index (χ2v) is 5.51. The van der Waals surface area contributed by atoms with Crippen LogP contribution in [0.1, 0.15) is 18.9 Å². The molecule has 0 heterocycles. The SMILES string of the molecule is COc1cc(NC(C)CCc2ccc(O)cc2)ccc1Cl. The molecule has 2 aromatic carbocycles. The van der Waals surface area contributed by atoms with Crippen LogP contribution in [0.2, 0.25) is 5.02 Å². The fourth-order valence-corrected chi connectivity index (χ4v) is 2.35. The number of hydrogen-bond acceptors (Lipinski definition) is 3. The number of benzene rings is 2. The number of halogens is 1. The van der Waals surface area contributed by atoms with Gasteiger partial charge in [-0.2, -0.15) is 0 Å². The van der Waals surface area contributed by atoms with Gasteiger partial charge in [0.05, 0.1) is 12.1 Å². The number of phenols is 1. The highest BCUT2D eigenvalue weighted by molar-refractivity contribution is 6.32. The molecule has 2 rings (SSSR count). The first-order valence-electron chi connectivity index (χ1n) is 6.96. The Bertz CT molecular complexity index is 584. The molecule has 2 N–H and O–H groups in total. The summed E-state index contributed by atoms with van der Waals surface area (Å²) in [5, 5.41) is 13.3. The Labute approximate surface area is 130 Å². The topological polar surface area (TPSA) is 41.5 Å². The van der Waals surface area contributed by atoms with Crippen molar-refractivity contribution in [3.8, 4) is 11.5 Å². The van der Waals surface area contributed by atoms with Gasteiger partial charge >= 0.3 is 0 Å². The molecule has 4 heteroatoms. The van der Waals surface area contributed by atoms with E-state index in [2.05, 4.69) is 12.2 Å². The zero-order valence-corrected chi connectivity index (χ0v) is 13.0. The van der Waals surface area contributed by atoms with Crippen LogP contribution in [0.15, 0.2) is 42.5 Å². The molecule has 0 aromatic heterocycles. The second-order valence-electron chi connectivity index (χ2n) is 5.10. The summed E-state index contributed by atoms with van der Waals surface area (Å²) in [7, 11) is 1.61. The van der Waals surface area contributed by atoms with Crippen molar-refractivity contribution in [2.24, 2.45) is 0 Å². The number of rotatable bonds is 6. The molecule has 0 fully saturated rings. The average Bonchev–Trinajstić information content (AvgIpc) is 2.48. The molecule has 1 unspecified atom stereocenters. The van der Waals surface area contributed by atoms with Crippen LogP contribution in [0.25, 0.3) is 0 Å². The lowest BCUT2D eigenvalue weighted by molar-refractivity contribution is 0.415.